The predicted octanol–water partition coefficient (Wildman–Crippen LogP) is 21.6. The summed E-state index contributed by atoms with van der Waals surface area (Å²) in [5.41, 5.74) is 0. The Kier molecular flexibility index (Phi) is 61.6. The smallest absolute Gasteiger partial charge is 0.361 e. The number of allylic oxidation sites excluding steroid dienone is 6. The first-order valence-corrected chi connectivity index (χ1v) is 35.2. The van der Waals surface area contributed by atoms with Gasteiger partial charge in [-0.05, 0) is 51.4 Å². The highest BCUT2D eigenvalue weighted by molar-refractivity contribution is 5.71. The van der Waals surface area contributed by atoms with Crippen molar-refractivity contribution in [1.82, 2.24) is 0 Å². The molecule has 81 heavy (non-hydrogen) atoms. The van der Waals surface area contributed by atoms with Crippen molar-refractivity contribution in [3.8, 4) is 0 Å². The number of carboxylic acids is 1. The van der Waals surface area contributed by atoms with Crippen LogP contribution >= 0.6 is 0 Å². The van der Waals surface area contributed by atoms with Crippen molar-refractivity contribution in [1.29, 1.82) is 0 Å². The van der Waals surface area contributed by atoms with Crippen LogP contribution in [-0.2, 0) is 33.3 Å². The highest BCUT2D eigenvalue weighted by Crippen LogP contribution is 2.19. The molecule has 2 atom stereocenters. The molecule has 0 bridgehead atoms. The second-order valence-electron chi connectivity index (χ2n) is 25.2. The van der Waals surface area contributed by atoms with Gasteiger partial charge >= 0.3 is 17.9 Å². The zero-order chi connectivity index (χ0) is 59.1. The number of likely N-dealkylation sites (N-methyl/N-ethyl adjacent to an activating group) is 1. The molecule has 0 saturated carbocycles. The van der Waals surface area contributed by atoms with Crippen molar-refractivity contribution in [3.63, 3.8) is 0 Å². The monoisotopic (exact) mass is 1140 g/mol. The standard InChI is InChI=1S/C72H135NO8/c1-6-8-10-12-14-16-18-20-22-24-26-27-28-29-30-31-32-33-34-35-36-37-38-39-40-41-42-43-45-46-48-50-52-54-56-58-60-62-69(74)79-66-68(67-80-72(71(76)77)78-65-64-73(3,4)5)81-70(75)63-61-59-57-55-53-51-49-47-44-25-23-21-19-17-15-13-11-9-7-2/h15,17,21,23,44,47,68,72H,6-14,16,18-20,22,24-43,45-46,48-67H2,1-5H3/p+1/b17-15-,23-21-,47-44-. The molecule has 0 saturated heterocycles. The Balaban J connectivity index is 3.97. The van der Waals surface area contributed by atoms with Crippen molar-refractivity contribution >= 4 is 17.9 Å². The molecule has 0 aliphatic rings. The highest BCUT2D eigenvalue weighted by Gasteiger charge is 2.25. The van der Waals surface area contributed by atoms with Crippen LogP contribution < -0.4 is 0 Å². The lowest BCUT2D eigenvalue weighted by molar-refractivity contribution is -0.870. The van der Waals surface area contributed by atoms with Crippen molar-refractivity contribution in [2.75, 3.05) is 47.5 Å². The molecule has 0 aliphatic heterocycles. The Bertz CT molecular complexity index is 1420. The number of ether oxygens (including phenoxy) is 4. The highest BCUT2D eigenvalue weighted by atomic mass is 16.7. The number of esters is 2. The Morgan fingerprint density at radius 1 is 0.370 bits per heavy atom. The van der Waals surface area contributed by atoms with E-state index in [4.69, 9.17) is 18.9 Å². The Hall–Kier alpha value is -2.49. The third-order valence-electron chi connectivity index (χ3n) is 15.9. The topological polar surface area (TPSA) is 108 Å². The number of rotatable bonds is 66. The molecule has 0 spiro atoms. The second kappa shape index (κ2) is 63.5. The van der Waals surface area contributed by atoms with E-state index >= 15 is 0 Å². The van der Waals surface area contributed by atoms with E-state index < -0.39 is 24.3 Å². The SMILES string of the molecule is CCCCC/C=C\C/C=C\C/C=C\CCCCCCCCC(=O)OC(COC(=O)CCCCCCCCCCCCCCCCCCCCCCCCCCCCCCCCCCCCCCC)COC(OCC[N+](C)(C)C)C(=O)O. The average Bonchev–Trinajstić information content (AvgIpc) is 3.44. The van der Waals surface area contributed by atoms with E-state index in [1.807, 2.05) is 21.1 Å². The van der Waals surface area contributed by atoms with Crippen LogP contribution in [-0.4, -0.2) is 87.4 Å². The summed E-state index contributed by atoms with van der Waals surface area (Å²) in [5, 5.41) is 9.73. The fourth-order valence-electron chi connectivity index (χ4n) is 10.5. The fourth-order valence-corrected chi connectivity index (χ4v) is 10.5. The Morgan fingerprint density at radius 2 is 0.667 bits per heavy atom. The maximum absolute atomic E-state index is 12.9. The number of unbranched alkanes of at least 4 members (excludes halogenated alkanes) is 45. The fraction of sp³-hybridized carbons (Fsp3) is 0.875. The van der Waals surface area contributed by atoms with Crippen molar-refractivity contribution in [2.24, 2.45) is 0 Å². The zero-order valence-corrected chi connectivity index (χ0v) is 54.5. The third-order valence-corrected chi connectivity index (χ3v) is 15.9. The van der Waals surface area contributed by atoms with E-state index in [9.17, 15) is 19.5 Å². The van der Waals surface area contributed by atoms with E-state index in [0.717, 1.165) is 57.8 Å². The molecular weight excluding hydrogens is 1010 g/mol. The summed E-state index contributed by atoms with van der Waals surface area (Å²) in [6.07, 6.45) is 77.1. The molecule has 0 fully saturated rings. The van der Waals surface area contributed by atoms with Crippen molar-refractivity contribution in [2.45, 2.75) is 360 Å². The summed E-state index contributed by atoms with van der Waals surface area (Å²) in [6, 6.07) is 0. The quantitative estimate of drug-likeness (QED) is 0.0211. The molecule has 9 nitrogen and oxygen atoms in total. The maximum Gasteiger partial charge on any atom is 0.361 e. The number of hydrogen-bond acceptors (Lipinski definition) is 7. The van der Waals surface area contributed by atoms with Gasteiger partial charge in [-0.1, -0.05) is 320 Å². The Labute approximate surface area is 502 Å². The zero-order valence-electron chi connectivity index (χ0n) is 54.5. The molecule has 0 aromatic heterocycles. The molecular formula is C72H136NO8+. The summed E-state index contributed by atoms with van der Waals surface area (Å²) in [5.74, 6) is -2.00. The van der Waals surface area contributed by atoms with E-state index in [1.54, 1.807) is 0 Å². The number of hydrogen-bond donors (Lipinski definition) is 1. The first-order valence-electron chi connectivity index (χ1n) is 35.2. The molecule has 0 heterocycles. The number of aliphatic carboxylic acids is 1. The van der Waals surface area contributed by atoms with Crippen molar-refractivity contribution in [3.05, 3.63) is 36.5 Å². The van der Waals surface area contributed by atoms with Gasteiger partial charge < -0.3 is 28.5 Å². The van der Waals surface area contributed by atoms with Crippen molar-refractivity contribution < 1.29 is 42.9 Å². The number of quaternary nitrogens is 1. The minimum Gasteiger partial charge on any atom is -0.477 e. The van der Waals surface area contributed by atoms with Gasteiger partial charge in [-0.3, -0.25) is 9.59 Å². The Morgan fingerprint density at radius 3 is 1.01 bits per heavy atom. The number of nitrogens with zero attached hydrogens (tertiary/aromatic N) is 1. The van der Waals surface area contributed by atoms with Crippen LogP contribution in [0.5, 0.6) is 0 Å². The van der Waals surface area contributed by atoms with Gasteiger partial charge in [0.15, 0.2) is 6.10 Å². The number of carboxylic acid groups (broad SMARTS) is 1. The summed E-state index contributed by atoms with van der Waals surface area (Å²) in [4.78, 5) is 37.5. The lowest BCUT2D eigenvalue weighted by Gasteiger charge is -2.25. The average molecular weight is 1140 g/mol. The molecule has 0 aliphatic carbocycles. The largest absolute Gasteiger partial charge is 0.477 e. The van der Waals surface area contributed by atoms with Crippen LogP contribution in [0.3, 0.4) is 0 Å². The van der Waals surface area contributed by atoms with Gasteiger partial charge in [0.05, 0.1) is 34.4 Å². The van der Waals surface area contributed by atoms with Crippen LogP contribution in [0.2, 0.25) is 0 Å². The minimum atomic E-state index is -1.51. The van der Waals surface area contributed by atoms with E-state index in [0.29, 0.717) is 23.9 Å². The van der Waals surface area contributed by atoms with Gasteiger partial charge in [0.25, 0.3) is 6.29 Å². The molecule has 0 amide bonds. The minimum absolute atomic E-state index is 0.184. The first-order chi connectivity index (χ1) is 39.6. The third kappa shape index (κ3) is 64.9. The summed E-state index contributed by atoms with van der Waals surface area (Å²) >= 11 is 0. The van der Waals surface area contributed by atoms with Crippen LogP contribution in [0, 0.1) is 0 Å². The van der Waals surface area contributed by atoms with Gasteiger partial charge in [-0.25, -0.2) is 4.79 Å². The lowest BCUT2D eigenvalue weighted by Crippen LogP contribution is -2.40. The van der Waals surface area contributed by atoms with Gasteiger partial charge in [0.1, 0.15) is 13.2 Å². The van der Waals surface area contributed by atoms with E-state index in [2.05, 4.69) is 50.3 Å². The molecule has 0 radical (unpaired) electrons. The van der Waals surface area contributed by atoms with E-state index in [-0.39, 0.29) is 32.2 Å². The van der Waals surface area contributed by atoms with Crippen LogP contribution in [0.1, 0.15) is 348 Å². The van der Waals surface area contributed by atoms with Gasteiger partial charge in [-0.2, -0.15) is 0 Å². The predicted molar refractivity (Wildman–Crippen MR) is 346 cm³/mol. The van der Waals surface area contributed by atoms with E-state index in [1.165, 1.54) is 257 Å². The van der Waals surface area contributed by atoms with Crippen LogP contribution in [0.4, 0.5) is 0 Å². The first kappa shape index (κ1) is 78.5. The molecule has 2 unspecified atom stereocenters. The molecule has 476 valence electrons. The summed E-state index contributed by atoms with van der Waals surface area (Å²) in [6.45, 7) is 4.89. The van der Waals surface area contributed by atoms with Gasteiger partial charge in [0, 0.05) is 12.8 Å². The maximum atomic E-state index is 12.9. The van der Waals surface area contributed by atoms with Crippen LogP contribution in [0.15, 0.2) is 36.5 Å². The normalized spacial score (nSPS) is 12.9. The lowest BCUT2D eigenvalue weighted by atomic mass is 10.0. The van der Waals surface area contributed by atoms with Gasteiger partial charge in [-0.15, -0.1) is 0 Å². The number of carbonyl (C=O) groups excluding carboxylic acids is 2. The molecule has 0 aromatic rings. The molecule has 0 aromatic carbocycles. The second-order valence-corrected chi connectivity index (χ2v) is 25.2. The van der Waals surface area contributed by atoms with Gasteiger partial charge in [0.2, 0.25) is 0 Å². The molecule has 0 rings (SSSR count). The molecule has 9 heteroatoms. The van der Waals surface area contributed by atoms with Crippen LogP contribution in [0.25, 0.3) is 0 Å². The number of carbonyl (C=O) groups is 3. The molecule has 1 N–H and O–H groups in total. The summed E-state index contributed by atoms with van der Waals surface area (Å²) in [7, 11) is 5.98. The summed E-state index contributed by atoms with van der Waals surface area (Å²) < 4.78 is 22.9.